The number of thiophene rings is 1. The number of thioether (sulfide) groups is 1. The van der Waals surface area contributed by atoms with E-state index in [0.29, 0.717) is 0 Å². The number of benzene rings is 1. The van der Waals surface area contributed by atoms with E-state index in [1.165, 1.54) is 41.6 Å². The molecule has 0 radical (unpaired) electrons. The molecular formula is C18H18FN3OS2. The standard InChI is InChI=1S/C18H18FN3OS2/c1-10(2)22-16(23)11(3)25-18-15-14(8-24-17(15)20-9-21-18)12-4-6-13(19)7-5-12/h4-11H,1-3H3,(H,22,23). The Kier molecular flexibility index (Phi) is 5.34. The number of carbonyl (C=O) groups excluding carboxylic acids is 1. The van der Waals surface area contributed by atoms with Gasteiger partial charge in [0.2, 0.25) is 5.91 Å². The zero-order valence-corrected chi connectivity index (χ0v) is 15.7. The van der Waals surface area contributed by atoms with E-state index in [1.807, 2.05) is 26.2 Å². The van der Waals surface area contributed by atoms with Crippen molar-refractivity contribution in [3.63, 3.8) is 0 Å². The number of hydrogen-bond donors (Lipinski definition) is 1. The van der Waals surface area contributed by atoms with Crippen molar-refractivity contribution in [3.8, 4) is 11.1 Å². The van der Waals surface area contributed by atoms with Crippen molar-refractivity contribution >= 4 is 39.2 Å². The molecule has 1 amide bonds. The van der Waals surface area contributed by atoms with E-state index < -0.39 is 0 Å². The first-order valence-corrected chi connectivity index (χ1v) is 9.67. The quantitative estimate of drug-likeness (QED) is 0.527. The summed E-state index contributed by atoms with van der Waals surface area (Å²) >= 11 is 2.92. The highest BCUT2D eigenvalue weighted by atomic mass is 32.2. The minimum absolute atomic E-state index is 0.0228. The Bertz CT molecular complexity index is 893. The summed E-state index contributed by atoms with van der Waals surface area (Å²) in [6.07, 6.45) is 1.52. The Morgan fingerprint density at radius 2 is 1.92 bits per heavy atom. The van der Waals surface area contributed by atoms with E-state index >= 15 is 0 Å². The maximum Gasteiger partial charge on any atom is 0.233 e. The van der Waals surface area contributed by atoms with E-state index in [-0.39, 0.29) is 23.0 Å². The molecule has 130 valence electrons. The fourth-order valence-electron chi connectivity index (χ4n) is 2.40. The summed E-state index contributed by atoms with van der Waals surface area (Å²) < 4.78 is 13.2. The van der Waals surface area contributed by atoms with Crippen molar-refractivity contribution in [2.45, 2.75) is 37.1 Å². The smallest absolute Gasteiger partial charge is 0.233 e. The first kappa shape index (κ1) is 17.8. The molecule has 1 aromatic carbocycles. The molecule has 1 unspecified atom stereocenters. The Morgan fingerprint density at radius 3 is 2.60 bits per heavy atom. The van der Waals surface area contributed by atoms with Crippen LogP contribution in [0.2, 0.25) is 0 Å². The average molecular weight is 375 g/mol. The van der Waals surface area contributed by atoms with Gasteiger partial charge in [-0.1, -0.05) is 23.9 Å². The number of aromatic nitrogens is 2. The van der Waals surface area contributed by atoms with Gasteiger partial charge in [-0.2, -0.15) is 0 Å². The van der Waals surface area contributed by atoms with Crippen LogP contribution in [0.1, 0.15) is 20.8 Å². The summed E-state index contributed by atoms with van der Waals surface area (Å²) in [6.45, 7) is 5.73. The van der Waals surface area contributed by atoms with Crippen LogP contribution in [0.5, 0.6) is 0 Å². The minimum atomic E-state index is -0.276. The van der Waals surface area contributed by atoms with Gasteiger partial charge in [0.15, 0.2) is 0 Å². The molecule has 3 aromatic rings. The van der Waals surface area contributed by atoms with E-state index in [1.54, 1.807) is 12.1 Å². The molecule has 0 saturated heterocycles. The van der Waals surface area contributed by atoms with Crippen LogP contribution in [0.3, 0.4) is 0 Å². The van der Waals surface area contributed by atoms with Gasteiger partial charge in [-0.3, -0.25) is 4.79 Å². The predicted molar refractivity (Wildman–Crippen MR) is 101 cm³/mol. The van der Waals surface area contributed by atoms with Crippen LogP contribution >= 0.6 is 23.1 Å². The summed E-state index contributed by atoms with van der Waals surface area (Å²) in [5.74, 6) is -0.293. The summed E-state index contributed by atoms with van der Waals surface area (Å²) in [5.41, 5.74) is 1.86. The molecule has 7 heteroatoms. The molecule has 4 nitrogen and oxygen atoms in total. The van der Waals surface area contributed by atoms with Crippen molar-refractivity contribution in [2.75, 3.05) is 0 Å². The minimum Gasteiger partial charge on any atom is -0.353 e. The molecule has 1 atom stereocenters. The van der Waals surface area contributed by atoms with Gasteiger partial charge in [-0.25, -0.2) is 14.4 Å². The number of amides is 1. The van der Waals surface area contributed by atoms with Crippen molar-refractivity contribution in [1.29, 1.82) is 0 Å². The van der Waals surface area contributed by atoms with E-state index in [2.05, 4.69) is 15.3 Å². The van der Waals surface area contributed by atoms with Crippen LogP contribution in [0.4, 0.5) is 4.39 Å². The van der Waals surface area contributed by atoms with Crippen molar-refractivity contribution in [2.24, 2.45) is 0 Å². The Hall–Kier alpha value is -1.99. The lowest BCUT2D eigenvalue weighted by atomic mass is 10.1. The highest BCUT2D eigenvalue weighted by Gasteiger charge is 2.20. The fourth-order valence-corrected chi connectivity index (χ4v) is 4.32. The zero-order valence-electron chi connectivity index (χ0n) is 14.1. The predicted octanol–water partition coefficient (Wildman–Crippen LogP) is 4.50. The number of fused-ring (bicyclic) bond motifs is 1. The van der Waals surface area contributed by atoms with Crippen LogP contribution in [-0.2, 0) is 4.79 Å². The third kappa shape index (κ3) is 3.99. The summed E-state index contributed by atoms with van der Waals surface area (Å²) in [4.78, 5) is 21.8. The number of rotatable bonds is 5. The van der Waals surface area contributed by atoms with Gasteiger partial charge in [0.25, 0.3) is 0 Å². The van der Waals surface area contributed by atoms with Crippen LogP contribution in [0.15, 0.2) is 41.0 Å². The number of nitrogens with one attached hydrogen (secondary N) is 1. The third-order valence-electron chi connectivity index (χ3n) is 3.58. The summed E-state index contributed by atoms with van der Waals surface area (Å²) in [6, 6.07) is 6.46. The van der Waals surface area contributed by atoms with Gasteiger partial charge in [-0.05, 0) is 38.5 Å². The first-order chi connectivity index (χ1) is 12.0. The first-order valence-electron chi connectivity index (χ1n) is 7.91. The second-order valence-electron chi connectivity index (χ2n) is 5.94. The van der Waals surface area contributed by atoms with Crippen LogP contribution in [0.25, 0.3) is 21.3 Å². The topological polar surface area (TPSA) is 54.9 Å². The highest BCUT2D eigenvalue weighted by Crippen LogP contribution is 2.38. The molecular weight excluding hydrogens is 357 g/mol. The van der Waals surface area contributed by atoms with Crippen molar-refractivity contribution < 1.29 is 9.18 Å². The van der Waals surface area contributed by atoms with Crippen LogP contribution in [-0.4, -0.2) is 27.2 Å². The molecule has 2 aromatic heterocycles. The third-order valence-corrected chi connectivity index (χ3v) is 5.57. The van der Waals surface area contributed by atoms with Gasteiger partial charge < -0.3 is 5.32 Å². The van der Waals surface area contributed by atoms with E-state index in [0.717, 1.165) is 26.4 Å². The van der Waals surface area contributed by atoms with Gasteiger partial charge in [0, 0.05) is 17.0 Å². The van der Waals surface area contributed by atoms with Gasteiger partial charge >= 0.3 is 0 Å². The lowest BCUT2D eigenvalue weighted by Crippen LogP contribution is -2.35. The van der Waals surface area contributed by atoms with Crippen molar-refractivity contribution in [1.82, 2.24) is 15.3 Å². The molecule has 0 bridgehead atoms. The van der Waals surface area contributed by atoms with Gasteiger partial charge in [0.05, 0.1) is 10.6 Å². The maximum absolute atomic E-state index is 13.2. The Morgan fingerprint density at radius 1 is 1.20 bits per heavy atom. The number of carbonyl (C=O) groups is 1. The van der Waals surface area contributed by atoms with E-state index in [4.69, 9.17) is 0 Å². The Labute approximate surface area is 153 Å². The van der Waals surface area contributed by atoms with Gasteiger partial charge in [0.1, 0.15) is 22.0 Å². The zero-order chi connectivity index (χ0) is 18.0. The lowest BCUT2D eigenvalue weighted by molar-refractivity contribution is -0.120. The molecule has 0 fully saturated rings. The molecule has 1 N–H and O–H groups in total. The van der Waals surface area contributed by atoms with Gasteiger partial charge in [-0.15, -0.1) is 11.3 Å². The largest absolute Gasteiger partial charge is 0.353 e. The highest BCUT2D eigenvalue weighted by molar-refractivity contribution is 8.00. The van der Waals surface area contributed by atoms with Crippen LogP contribution in [0, 0.1) is 5.82 Å². The van der Waals surface area contributed by atoms with Crippen LogP contribution < -0.4 is 5.32 Å². The molecule has 0 saturated carbocycles. The lowest BCUT2D eigenvalue weighted by Gasteiger charge is -2.14. The monoisotopic (exact) mass is 375 g/mol. The SMILES string of the molecule is CC(C)NC(=O)C(C)Sc1ncnc2scc(-c3ccc(F)cc3)c12. The molecule has 0 aliphatic heterocycles. The molecule has 0 spiro atoms. The summed E-state index contributed by atoms with van der Waals surface area (Å²) in [5, 5.41) is 6.31. The summed E-state index contributed by atoms with van der Waals surface area (Å²) in [7, 11) is 0. The average Bonchev–Trinajstić information content (AvgIpc) is 3.00. The van der Waals surface area contributed by atoms with Crippen molar-refractivity contribution in [3.05, 3.63) is 41.8 Å². The second kappa shape index (κ2) is 7.49. The molecule has 25 heavy (non-hydrogen) atoms. The molecule has 2 heterocycles. The number of hydrogen-bond acceptors (Lipinski definition) is 5. The fraction of sp³-hybridized carbons (Fsp3) is 0.278. The number of halogens is 1. The molecule has 0 aliphatic rings. The molecule has 0 aliphatic carbocycles. The number of nitrogens with zero attached hydrogens (tertiary/aromatic N) is 2. The Balaban J connectivity index is 1.97. The maximum atomic E-state index is 13.2. The molecule has 3 rings (SSSR count). The van der Waals surface area contributed by atoms with E-state index in [9.17, 15) is 9.18 Å². The normalized spacial score (nSPS) is 12.5. The second-order valence-corrected chi connectivity index (χ2v) is 8.13.